The molecule has 0 bridgehead atoms. The Morgan fingerprint density at radius 2 is 1.56 bits per heavy atom. The summed E-state index contributed by atoms with van der Waals surface area (Å²) in [6.45, 7) is 0. The third-order valence-corrected chi connectivity index (χ3v) is 2.52. The number of aromatic amines is 1. The summed E-state index contributed by atoms with van der Waals surface area (Å²) in [5, 5.41) is 27.1. The molecule has 0 aliphatic rings. The number of nitrogens with one attached hydrogen (secondary N) is 1. The molecule has 92 valence electrons. The first-order valence-corrected chi connectivity index (χ1v) is 4.77. The number of aromatic nitrogens is 1. The second kappa shape index (κ2) is 3.88. The van der Waals surface area contributed by atoms with Gasteiger partial charge in [-0.2, -0.15) is 0 Å². The molecule has 2 rings (SSSR count). The van der Waals surface area contributed by atoms with E-state index in [1.54, 1.807) is 0 Å². The normalized spacial score (nSPS) is 10.4. The van der Waals surface area contributed by atoms with Gasteiger partial charge in [-0.1, -0.05) is 0 Å². The Hall–Kier alpha value is -2.83. The molecule has 0 fully saturated rings. The first-order valence-electron chi connectivity index (χ1n) is 4.77. The van der Waals surface area contributed by atoms with Gasteiger partial charge in [-0.25, -0.2) is 14.4 Å². The van der Waals surface area contributed by atoms with Gasteiger partial charge in [-0.15, -0.1) is 0 Å². The van der Waals surface area contributed by atoms with E-state index in [4.69, 9.17) is 15.3 Å². The summed E-state index contributed by atoms with van der Waals surface area (Å²) >= 11 is 0. The van der Waals surface area contributed by atoms with Gasteiger partial charge in [0.1, 0.15) is 0 Å². The van der Waals surface area contributed by atoms with Crippen LogP contribution in [-0.4, -0.2) is 38.2 Å². The molecule has 2 aromatic rings. The van der Waals surface area contributed by atoms with Crippen LogP contribution >= 0.6 is 0 Å². The fraction of sp³-hybridized carbons (Fsp3) is 0. The molecule has 0 saturated heterocycles. The summed E-state index contributed by atoms with van der Waals surface area (Å²) < 4.78 is 0. The first kappa shape index (κ1) is 11.6. The molecule has 0 atom stereocenters. The van der Waals surface area contributed by atoms with Gasteiger partial charge >= 0.3 is 17.9 Å². The lowest BCUT2D eigenvalue weighted by Gasteiger charge is -2.06. The Balaban J connectivity index is 2.97. The largest absolute Gasteiger partial charge is 0.478 e. The molecule has 7 nitrogen and oxygen atoms in total. The molecule has 1 aromatic heterocycles. The van der Waals surface area contributed by atoms with Gasteiger partial charge < -0.3 is 20.3 Å². The first-order chi connectivity index (χ1) is 8.43. The quantitative estimate of drug-likeness (QED) is 0.648. The summed E-state index contributed by atoms with van der Waals surface area (Å²) in [5.41, 5.74) is -1.28. The third-order valence-electron chi connectivity index (χ3n) is 2.52. The standard InChI is InChI=1S/C11H7NO6/c13-9(14)5-3-6(10(15)16)7(11(17)18)8-4(5)1-2-12-8/h1-3,12H,(H,13,14)(H,15,16)(H,17,18). The zero-order valence-corrected chi connectivity index (χ0v) is 8.80. The maximum absolute atomic E-state index is 11.1. The van der Waals surface area contributed by atoms with Gasteiger partial charge in [0.25, 0.3) is 0 Å². The number of rotatable bonds is 3. The number of benzene rings is 1. The van der Waals surface area contributed by atoms with Crippen molar-refractivity contribution in [1.29, 1.82) is 0 Å². The van der Waals surface area contributed by atoms with Gasteiger partial charge in [0.2, 0.25) is 0 Å². The highest BCUT2D eigenvalue weighted by Crippen LogP contribution is 2.26. The van der Waals surface area contributed by atoms with Crippen molar-refractivity contribution in [1.82, 2.24) is 4.98 Å². The van der Waals surface area contributed by atoms with Gasteiger partial charge in [-0.05, 0) is 12.1 Å². The van der Waals surface area contributed by atoms with Gasteiger partial charge in [0.05, 0.1) is 22.2 Å². The van der Waals surface area contributed by atoms with Gasteiger partial charge in [-0.3, -0.25) is 0 Å². The minimum Gasteiger partial charge on any atom is -0.478 e. The van der Waals surface area contributed by atoms with Crippen LogP contribution in [0.3, 0.4) is 0 Å². The molecular weight excluding hydrogens is 242 g/mol. The number of carboxylic acids is 3. The van der Waals surface area contributed by atoms with Crippen LogP contribution in [0.1, 0.15) is 31.1 Å². The third kappa shape index (κ3) is 1.58. The lowest BCUT2D eigenvalue weighted by Crippen LogP contribution is -2.11. The van der Waals surface area contributed by atoms with Crippen LogP contribution in [0.5, 0.6) is 0 Å². The van der Waals surface area contributed by atoms with E-state index in [0.29, 0.717) is 0 Å². The predicted octanol–water partition coefficient (Wildman–Crippen LogP) is 1.26. The number of hydrogen-bond acceptors (Lipinski definition) is 3. The van der Waals surface area contributed by atoms with E-state index in [1.807, 2.05) is 0 Å². The van der Waals surface area contributed by atoms with Crippen LogP contribution in [0.2, 0.25) is 0 Å². The van der Waals surface area contributed by atoms with Crippen molar-refractivity contribution in [2.45, 2.75) is 0 Å². The highest BCUT2D eigenvalue weighted by Gasteiger charge is 2.24. The van der Waals surface area contributed by atoms with E-state index in [9.17, 15) is 14.4 Å². The maximum Gasteiger partial charge on any atom is 0.338 e. The molecule has 0 radical (unpaired) electrons. The average molecular weight is 249 g/mol. The Morgan fingerprint density at radius 1 is 0.944 bits per heavy atom. The molecule has 1 heterocycles. The fourth-order valence-corrected chi connectivity index (χ4v) is 1.80. The number of H-pyrrole nitrogens is 1. The second-order valence-corrected chi connectivity index (χ2v) is 3.53. The van der Waals surface area contributed by atoms with Gasteiger partial charge in [0, 0.05) is 11.6 Å². The van der Waals surface area contributed by atoms with Crippen LogP contribution in [0.25, 0.3) is 10.9 Å². The Morgan fingerprint density at radius 3 is 2.06 bits per heavy atom. The summed E-state index contributed by atoms with van der Waals surface area (Å²) in [7, 11) is 0. The van der Waals surface area contributed by atoms with E-state index in [1.165, 1.54) is 12.3 Å². The number of carboxylic acid groups (broad SMARTS) is 3. The molecule has 0 amide bonds. The Bertz CT molecular complexity index is 684. The molecule has 7 heteroatoms. The van der Waals surface area contributed by atoms with Crippen LogP contribution in [0.4, 0.5) is 0 Å². The lowest BCUT2D eigenvalue weighted by molar-refractivity contribution is 0.0651. The van der Waals surface area contributed by atoms with E-state index >= 15 is 0 Å². The fourth-order valence-electron chi connectivity index (χ4n) is 1.80. The van der Waals surface area contributed by atoms with E-state index in [2.05, 4.69) is 4.98 Å². The summed E-state index contributed by atoms with van der Waals surface area (Å²) in [4.78, 5) is 35.7. The SMILES string of the molecule is O=C(O)c1cc(C(=O)O)c2cc[nH]c2c1C(=O)O. The van der Waals surface area contributed by atoms with Crippen molar-refractivity contribution < 1.29 is 29.7 Å². The minimum absolute atomic E-state index is 0.0141. The van der Waals surface area contributed by atoms with Gasteiger partial charge in [0.15, 0.2) is 0 Å². The Kier molecular flexibility index (Phi) is 2.51. The van der Waals surface area contributed by atoms with E-state index in [-0.39, 0.29) is 16.5 Å². The monoisotopic (exact) mass is 249 g/mol. The minimum atomic E-state index is -1.49. The average Bonchev–Trinajstić information content (AvgIpc) is 2.73. The highest BCUT2D eigenvalue weighted by molar-refractivity contribution is 6.15. The molecule has 18 heavy (non-hydrogen) atoms. The molecule has 0 saturated carbocycles. The van der Waals surface area contributed by atoms with Crippen molar-refractivity contribution in [3.63, 3.8) is 0 Å². The van der Waals surface area contributed by atoms with Crippen LogP contribution in [0, 0.1) is 0 Å². The summed E-state index contributed by atoms with van der Waals surface area (Å²) in [5.74, 6) is -4.25. The zero-order chi connectivity index (χ0) is 13.4. The molecule has 0 aliphatic carbocycles. The van der Waals surface area contributed by atoms with Crippen LogP contribution in [0.15, 0.2) is 18.3 Å². The highest BCUT2D eigenvalue weighted by atomic mass is 16.4. The molecule has 4 N–H and O–H groups in total. The molecule has 0 aliphatic heterocycles. The van der Waals surface area contributed by atoms with E-state index < -0.39 is 29.0 Å². The number of hydrogen-bond donors (Lipinski definition) is 4. The van der Waals surface area contributed by atoms with Crippen molar-refractivity contribution in [3.05, 3.63) is 35.0 Å². The van der Waals surface area contributed by atoms with Crippen molar-refractivity contribution in [2.24, 2.45) is 0 Å². The molecule has 0 unspecified atom stereocenters. The maximum atomic E-state index is 11.1. The van der Waals surface area contributed by atoms with Crippen LogP contribution < -0.4 is 0 Å². The smallest absolute Gasteiger partial charge is 0.338 e. The summed E-state index contributed by atoms with van der Waals surface area (Å²) in [6.07, 6.45) is 1.36. The van der Waals surface area contributed by atoms with Crippen LogP contribution in [-0.2, 0) is 0 Å². The second-order valence-electron chi connectivity index (χ2n) is 3.53. The number of carbonyl (C=O) groups is 3. The molecular formula is C11H7NO6. The Labute approximate surface area is 99.3 Å². The molecule has 1 aromatic carbocycles. The molecule has 0 spiro atoms. The number of fused-ring (bicyclic) bond motifs is 1. The topological polar surface area (TPSA) is 128 Å². The van der Waals surface area contributed by atoms with Crippen molar-refractivity contribution in [3.8, 4) is 0 Å². The predicted molar refractivity (Wildman–Crippen MR) is 59.2 cm³/mol. The summed E-state index contributed by atoms with van der Waals surface area (Å²) in [6, 6.07) is 2.24. The van der Waals surface area contributed by atoms with Crippen molar-refractivity contribution in [2.75, 3.05) is 0 Å². The van der Waals surface area contributed by atoms with Crippen molar-refractivity contribution >= 4 is 28.8 Å². The van der Waals surface area contributed by atoms with E-state index in [0.717, 1.165) is 6.07 Å². The lowest BCUT2D eigenvalue weighted by atomic mass is 9.99. The number of aromatic carboxylic acids is 3. The zero-order valence-electron chi connectivity index (χ0n) is 8.80.